The number of carboxylic acids is 1. The Balaban J connectivity index is 3.68. The van der Waals surface area contributed by atoms with Crippen molar-refractivity contribution < 1.29 is 14.6 Å². The molecule has 0 spiro atoms. The molecule has 0 unspecified atom stereocenters. The quantitative estimate of drug-likeness (QED) is 0.830. The molecule has 0 aromatic heterocycles. The summed E-state index contributed by atoms with van der Waals surface area (Å²) in [6.07, 6.45) is 0.710. The van der Waals surface area contributed by atoms with E-state index >= 15 is 0 Å². The van der Waals surface area contributed by atoms with Gasteiger partial charge in [-0.1, -0.05) is 47.6 Å². The second-order valence-corrected chi connectivity index (χ2v) is 8.24. The standard InChI is InChI=1S/C20H32O3/c1-9-23-18-15(19(3,4)5)12-14(10-11-16(21)22)13(2)17(18)20(6,7)8/h12H,9-11H2,1-8H3,(H,21,22). The minimum Gasteiger partial charge on any atom is -0.493 e. The van der Waals surface area contributed by atoms with E-state index in [9.17, 15) is 4.79 Å². The van der Waals surface area contributed by atoms with Gasteiger partial charge in [-0.05, 0) is 42.2 Å². The van der Waals surface area contributed by atoms with E-state index in [0.717, 1.165) is 22.4 Å². The second kappa shape index (κ2) is 6.94. The first-order chi connectivity index (χ1) is 10.4. The highest BCUT2D eigenvalue weighted by Gasteiger charge is 2.30. The Morgan fingerprint density at radius 3 is 2.09 bits per heavy atom. The Morgan fingerprint density at radius 2 is 1.70 bits per heavy atom. The van der Waals surface area contributed by atoms with Gasteiger partial charge in [0.15, 0.2) is 0 Å². The van der Waals surface area contributed by atoms with Crippen LogP contribution in [0.5, 0.6) is 5.75 Å². The first-order valence-electron chi connectivity index (χ1n) is 8.41. The van der Waals surface area contributed by atoms with Gasteiger partial charge in [0.05, 0.1) is 6.61 Å². The van der Waals surface area contributed by atoms with E-state index in [4.69, 9.17) is 9.84 Å². The highest BCUT2D eigenvalue weighted by atomic mass is 16.5. The van der Waals surface area contributed by atoms with Crippen LogP contribution in [-0.4, -0.2) is 17.7 Å². The summed E-state index contributed by atoms with van der Waals surface area (Å²) < 4.78 is 6.07. The lowest BCUT2D eigenvalue weighted by Gasteiger charge is -2.32. The lowest BCUT2D eigenvalue weighted by atomic mass is 9.75. The number of hydrogen-bond donors (Lipinski definition) is 1. The molecule has 0 aliphatic carbocycles. The minimum atomic E-state index is -0.757. The number of carboxylic acid groups (broad SMARTS) is 1. The molecule has 0 heterocycles. The van der Waals surface area contributed by atoms with Gasteiger partial charge in [0, 0.05) is 17.5 Å². The number of ether oxygens (including phenoxy) is 1. The van der Waals surface area contributed by atoms with Crippen LogP contribution in [0.2, 0.25) is 0 Å². The molecule has 1 aromatic carbocycles. The molecule has 1 rings (SSSR count). The van der Waals surface area contributed by atoms with Crippen LogP contribution in [0.15, 0.2) is 6.07 Å². The van der Waals surface area contributed by atoms with Gasteiger partial charge in [0.1, 0.15) is 5.75 Å². The molecule has 0 fully saturated rings. The van der Waals surface area contributed by atoms with Crippen molar-refractivity contribution in [2.75, 3.05) is 6.61 Å². The summed E-state index contributed by atoms with van der Waals surface area (Å²) in [6.45, 7) is 17.8. The van der Waals surface area contributed by atoms with Crippen LogP contribution in [0.1, 0.15) is 77.1 Å². The molecule has 0 radical (unpaired) electrons. The molecule has 0 atom stereocenters. The Hall–Kier alpha value is -1.51. The number of aliphatic carboxylic acids is 1. The van der Waals surface area contributed by atoms with Crippen LogP contribution in [0.4, 0.5) is 0 Å². The van der Waals surface area contributed by atoms with E-state index in [1.54, 1.807) is 0 Å². The fraction of sp³-hybridized carbons (Fsp3) is 0.650. The third kappa shape index (κ3) is 4.73. The Bertz CT molecular complexity index is 572. The van der Waals surface area contributed by atoms with Crippen molar-refractivity contribution in [1.82, 2.24) is 0 Å². The molecule has 130 valence electrons. The van der Waals surface area contributed by atoms with Crippen molar-refractivity contribution in [2.24, 2.45) is 0 Å². The topological polar surface area (TPSA) is 46.5 Å². The van der Waals surface area contributed by atoms with Crippen LogP contribution < -0.4 is 4.74 Å². The van der Waals surface area contributed by atoms with Crippen molar-refractivity contribution in [3.63, 3.8) is 0 Å². The lowest BCUT2D eigenvalue weighted by Crippen LogP contribution is -2.22. The van der Waals surface area contributed by atoms with Gasteiger partial charge in [0.2, 0.25) is 0 Å². The molecule has 0 aliphatic heterocycles. The van der Waals surface area contributed by atoms with Gasteiger partial charge in [0.25, 0.3) is 0 Å². The van der Waals surface area contributed by atoms with E-state index in [0.29, 0.717) is 13.0 Å². The number of rotatable bonds is 5. The summed E-state index contributed by atoms with van der Waals surface area (Å²) in [6, 6.07) is 2.15. The summed E-state index contributed by atoms with van der Waals surface area (Å²) in [7, 11) is 0. The normalized spacial score (nSPS) is 12.3. The van der Waals surface area contributed by atoms with Crippen molar-refractivity contribution in [3.8, 4) is 5.75 Å². The highest BCUT2D eigenvalue weighted by molar-refractivity contribution is 5.67. The Morgan fingerprint density at radius 1 is 1.13 bits per heavy atom. The number of aryl methyl sites for hydroxylation is 1. The van der Waals surface area contributed by atoms with E-state index in [-0.39, 0.29) is 17.3 Å². The number of hydrogen-bond acceptors (Lipinski definition) is 2. The van der Waals surface area contributed by atoms with Crippen molar-refractivity contribution in [3.05, 3.63) is 28.3 Å². The average molecular weight is 320 g/mol. The molecule has 0 bridgehead atoms. The van der Waals surface area contributed by atoms with Gasteiger partial charge in [-0.15, -0.1) is 0 Å². The van der Waals surface area contributed by atoms with Crippen molar-refractivity contribution in [1.29, 1.82) is 0 Å². The van der Waals surface area contributed by atoms with E-state index in [1.165, 1.54) is 5.56 Å². The molecule has 0 saturated heterocycles. The van der Waals surface area contributed by atoms with Crippen LogP contribution in [-0.2, 0) is 22.0 Å². The fourth-order valence-corrected chi connectivity index (χ4v) is 3.07. The zero-order valence-corrected chi connectivity index (χ0v) is 16.0. The monoisotopic (exact) mass is 320 g/mol. The maximum atomic E-state index is 11.0. The molecule has 23 heavy (non-hydrogen) atoms. The molecule has 0 amide bonds. The van der Waals surface area contributed by atoms with Crippen LogP contribution in [0.25, 0.3) is 0 Å². The maximum Gasteiger partial charge on any atom is 0.303 e. The van der Waals surface area contributed by atoms with Gasteiger partial charge in [-0.3, -0.25) is 4.79 Å². The second-order valence-electron chi connectivity index (χ2n) is 8.24. The predicted molar refractivity (Wildman–Crippen MR) is 95.7 cm³/mol. The predicted octanol–water partition coefficient (Wildman–Crippen LogP) is 5.01. The molecule has 0 aliphatic rings. The van der Waals surface area contributed by atoms with Crippen LogP contribution in [0, 0.1) is 6.92 Å². The zero-order valence-electron chi connectivity index (χ0n) is 16.0. The fourth-order valence-electron chi connectivity index (χ4n) is 3.07. The highest BCUT2D eigenvalue weighted by Crippen LogP contribution is 2.43. The SMILES string of the molecule is CCOc1c(C(C)(C)C)cc(CCC(=O)O)c(C)c1C(C)(C)C. The van der Waals surface area contributed by atoms with Crippen molar-refractivity contribution in [2.45, 2.75) is 79.1 Å². The molecule has 3 heteroatoms. The first kappa shape index (κ1) is 19.5. The smallest absolute Gasteiger partial charge is 0.303 e. The number of benzene rings is 1. The van der Waals surface area contributed by atoms with Gasteiger partial charge in [-0.2, -0.15) is 0 Å². The van der Waals surface area contributed by atoms with E-state index in [1.807, 2.05) is 6.92 Å². The van der Waals surface area contributed by atoms with Gasteiger partial charge >= 0.3 is 5.97 Å². The average Bonchev–Trinajstić information content (AvgIpc) is 2.34. The lowest BCUT2D eigenvalue weighted by molar-refractivity contribution is -0.136. The van der Waals surface area contributed by atoms with Gasteiger partial charge < -0.3 is 9.84 Å². The third-order valence-corrected chi connectivity index (χ3v) is 4.10. The Kier molecular flexibility index (Phi) is 5.89. The Labute approximate surface area is 141 Å². The van der Waals surface area contributed by atoms with Crippen LogP contribution >= 0.6 is 0 Å². The largest absolute Gasteiger partial charge is 0.493 e. The molecular formula is C20H32O3. The molecule has 3 nitrogen and oxygen atoms in total. The van der Waals surface area contributed by atoms with E-state index < -0.39 is 5.97 Å². The molecule has 0 saturated carbocycles. The zero-order chi connectivity index (χ0) is 18.0. The third-order valence-electron chi connectivity index (χ3n) is 4.10. The summed E-state index contributed by atoms with van der Waals surface area (Å²) in [5.41, 5.74) is 4.52. The summed E-state index contributed by atoms with van der Waals surface area (Å²) >= 11 is 0. The van der Waals surface area contributed by atoms with Crippen LogP contribution in [0.3, 0.4) is 0 Å². The first-order valence-corrected chi connectivity index (χ1v) is 8.41. The van der Waals surface area contributed by atoms with Gasteiger partial charge in [-0.25, -0.2) is 0 Å². The summed E-state index contributed by atoms with van der Waals surface area (Å²) in [5.74, 6) is 0.219. The molecule has 1 aromatic rings. The minimum absolute atomic E-state index is 0.0593. The molecular weight excluding hydrogens is 288 g/mol. The van der Waals surface area contributed by atoms with E-state index in [2.05, 4.69) is 54.5 Å². The van der Waals surface area contributed by atoms with Crippen molar-refractivity contribution >= 4 is 5.97 Å². The summed E-state index contributed by atoms with van der Waals surface area (Å²) in [4.78, 5) is 11.0. The number of carbonyl (C=O) groups is 1. The molecule has 1 N–H and O–H groups in total. The maximum absolute atomic E-state index is 11.0. The summed E-state index contributed by atoms with van der Waals surface area (Å²) in [5, 5.41) is 9.04.